The van der Waals surface area contributed by atoms with Crippen LogP contribution in [0.25, 0.3) is 60.8 Å². The first kappa shape index (κ1) is 26.6. The highest BCUT2D eigenvalue weighted by molar-refractivity contribution is 6.11. The van der Waals surface area contributed by atoms with Crippen molar-refractivity contribution in [1.82, 2.24) is 24.2 Å². The fourth-order valence-electron chi connectivity index (χ4n) is 7.01. The second-order valence-corrected chi connectivity index (χ2v) is 13.2. The first-order valence-corrected chi connectivity index (χ1v) is 15.8. The predicted octanol–water partition coefficient (Wildman–Crippen LogP) is 9.20. The number of fused-ring (bicyclic) bond motifs is 6. The Labute approximate surface area is 267 Å². The molecule has 1 aliphatic heterocycles. The summed E-state index contributed by atoms with van der Waals surface area (Å²) in [7, 11) is 0. The van der Waals surface area contributed by atoms with E-state index in [1.54, 1.807) is 0 Å². The van der Waals surface area contributed by atoms with E-state index in [0.29, 0.717) is 6.67 Å². The van der Waals surface area contributed by atoms with Gasteiger partial charge in [-0.25, -0.2) is 4.68 Å². The number of anilines is 1. The second kappa shape index (κ2) is 9.88. The molecule has 224 valence electrons. The van der Waals surface area contributed by atoms with Crippen LogP contribution < -0.4 is 10.2 Å². The van der Waals surface area contributed by atoms with Gasteiger partial charge in [-0.3, -0.25) is 4.57 Å². The number of rotatable bonds is 4. The monoisotopic (exact) mass is 598 g/mol. The molecule has 4 heterocycles. The van der Waals surface area contributed by atoms with Gasteiger partial charge >= 0.3 is 0 Å². The summed E-state index contributed by atoms with van der Waals surface area (Å²) in [5.41, 5.74) is 9.32. The van der Waals surface area contributed by atoms with E-state index in [9.17, 15) is 0 Å². The molecule has 6 heteroatoms. The maximum atomic E-state index is 4.51. The lowest BCUT2D eigenvalue weighted by Gasteiger charge is -2.24. The summed E-state index contributed by atoms with van der Waals surface area (Å²) in [6.07, 6.45) is 6.07. The molecule has 3 aromatic heterocycles. The lowest BCUT2D eigenvalue weighted by Crippen LogP contribution is -2.22. The number of nitrogens with one attached hydrogen (secondary N) is 1. The highest BCUT2D eigenvalue weighted by atomic mass is 15.3. The van der Waals surface area contributed by atoms with Crippen LogP contribution in [-0.4, -0.2) is 25.6 Å². The quantitative estimate of drug-likeness (QED) is 0.220. The SMILES string of the molecule is CC(C)(C)c1cc(N2C=C(n3c4ccccc4c4ccccc43)NC2)cc(-n2c3ccccc3c3ccc(-n4cccn4)cc32)c1. The van der Waals surface area contributed by atoms with Gasteiger partial charge in [0.2, 0.25) is 0 Å². The van der Waals surface area contributed by atoms with Crippen molar-refractivity contribution in [2.75, 3.05) is 11.6 Å². The minimum absolute atomic E-state index is 0.0454. The minimum atomic E-state index is -0.0454. The third-order valence-electron chi connectivity index (χ3n) is 9.31. The number of benzene rings is 5. The Balaban J connectivity index is 1.24. The van der Waals surface area contributed by atoms with Crippen LogP contribution in [0.15, 0.2) is 134 Å². The number of aromatic nitrogens is 4. The van der Waals surface area contributed by atoms with E-state index in [4.69, 9.17) is 0 Å². The Bertz CT molecular complexity index is 2410. The highest BCUT2D eigenvalue weighted by Crippen LogP contribution is 2.38. The van der Waals surface area contributed by atoms with E-state index >= 15 is 0 Å². The Morgan fingerprint density at radius 1 is 0.587 bits per heavy atom. The molecule has 0 unspecified atom stereocenters. The highest BCUT2D eigenvalue weighted by Gasteiger charge is 2.23. The van der Waals surface area contributed by atoms with E-state index in [1.165, 1.54) is 43.7 Å². The molecular weight excluding hydrogens is 564 g/mol. The number of para-hydroxylation sites is 3. The van der Waals surface area contributed by atoms with Crippen LogP contribution >= 0.6 is 0 Å². The van der Waals surface area contributed by atoms with Gasteiger partial charge in [-0.2, -0.15) is 5.10 Å². The smallest absolute Gasteiger partial charge is 0.129 e. The van der Waals surface area contributed by atoms with Gasteiger partial charge in [0.05, 0.1) is 34.4 Å². The van der Waals surface area contributed by atoms with E-state index in [0.717, 1.165) is 28.4 Å². The second-order valence-electron chi connectivity index (χ2n) is 13.2. The Morgan fingerprint density at radius 2 is 1.20 bits per heavy atom. The van der Waals surface area contributed by atoms with E-state index in [-0.39, 0.29) is 5.41 Å². The van der Waals surface area contributed by atoms with E-state index in [2.05, 4.69) is 161 Å². The van der Waals surface area contributed by atoms with Gasteiger partial charge < -0.3 is 14.8 Å². The van der Waals surface area contributed by atoms with Gasteiger partial charge in [-0.1, -0.05) is 81.4 Å². The van der Waals surface area contributed by atoms with Crippen molar-refractivity contribution in [3.63, 3.8) is 0 Å². The van der Waals surface area contributed by atoms with Crippen molar-refractivity contribution in [2.45, 2.75) is 26.2 Å². The maximum Gasteiger partial charge on any atom is 0.129 e. The summed E-state index contributed by atoms with van der Waals surface area (Å²) in [5, 5.41) is 13.2. The van der Waals surface area contributed by atoms with Crippen LogP contribution in [0.4, 0.5) is 5.69 Å². The molecule has 9 rings (SSSR count). The van der Waals surface area contributed by atoms with E-state index < -0.39 is 0 Å². The molecule has 46 heavy (non-hydrogen) atoms. The van der Waals surface area contributed by atoms with Crippen LogP contribution in [0.2, 0.25) is 0 Å². The molecule has 1 aliphatic rings. The van der Waals surface area contributed by atoms with Crippen LogP contribution in [-0.2, 0) is 5.41 Å². The zero-order chi connectivity index (χ0) is 31.0. The standard InChI is InChI=1S/C40H34N6/c1-40(2,3)27-21-29(43-25-39(41-26-43)46-36-15-8-5-11-31(36)32-12-6-9-16-37(32)46)23-30(22-27)45-35-14-7-4-13-33(35)34-18-17-28(24-38(34)45)44-20-10-19-42-44/h4-25,41H,26H2,1-3H3. The Morgan fingerprint density at radius 3 is 1.83 bits per heavy atom. The number of hydrogen-bond donors (Lipinski definition) is 1. The summed E-state index contributed by atoms with van der Waals surface area (Å²) in [6, 6.07) is 41.6. The van der Waals surface area contributed by atoms with Crippen molar-refractivity contribution >= 4 is 55.1 Å². The average molecular weight is 599 g/mol. The molecular formula is C40H34N6. The summed E-state index contributed by atoms with van der Waals surface area (Å²) in [4.78, 5) is 2.33. The topological polar surface area (TPSA) is 43.0 Å². The third kappa shape index (κ3) is 4.07. The van der Waals surface area contributed by atoms with Gasteiger partial charge in [-0.05, 0) is 65.6 Å². The summed E-state index contributed by atoms with van der Waals surface area (Å²) >= 11 is 0. The van der Waals surface area contributed by atoms with Crippen molar-refractivity contribution in [3.8, 4) is 11.4 Å². The molecule has 0 saturated heterocycles. The number of nitrogens with zero attached hydrogens (tertiary/aromatic N) is 5. The Hall–Kier alpha value is -5.75. The summed E-state index contributed by atoms with van der Waals surface area (Å²) < 4.78 is 6.69. The van der Waals surface area contributed by atoms with Crippen LogP contribution in [0, 0.1) is 0 Å². The zero-order valence-electron chi connectivity index (χ0n) is 26.1. The van der Waals surface area contributed by atoms with Crippen LogP contribution in [0.3, 0.4) is 0 Å². The fraction of sp³-hybridized carbons (Fsp3) is 0.125. The molecule has 0 radical (unpaired) electrons. The first-order chi connectivity index (χ1) is 22.4. The molecule has 0 amide bonds. The average Bonchev–Trinajstić information content (AvgIpc) is 3.88. The Kier molecular flexibility index (Phi) is 5.72. The van der Waals surface area contributed by atoms with Gasteiger partial charge in [-0.15, -0.1) is 0 Å². The maximum absolute atomic E-state index is 4.51. The fourth-order valence-corrected chi connectivity index (χ4v) is 7.01. The molecule has 0 bridgehead atoms. The van der Waals surface area contributed by atoms with E-state index in [1.807, 2.05) is 23.1 Å². The van der Waals surface area contributed by atoms with Gasteiger partial charge in [0, 0.05) is 51.5 Å². The molecule has 1 N–H and O–H groups in total. The van der Waals surface area contributed by atoms with Crippen LogP contribution in [0.5, 0.6) is 0 Å². The van der Waals surface area contributed by atoms with Crippen molar-refractivity contribution in [2.24, 2.45) is 0 Å². The molecule has 0 spiro atoms. The largest absolute Gasteiger partial charge is 0.352 e. The number of hydrogen-bond acceptors (Lipinski definition) is 3. The van der Waals surface area contributed by atoms with Gasteiger partial charge in [0.15, 0.2) is 0 Å². The third-order valence-corrected chi connectivity index (χ3v) is 9.31. The molecule has 6 nitrogen and oxygen atoms in total. The molecule has 0 fully saturated rings. The van der Waals surface area contributed by atoms with Gasteiger partial charge in [0.1, 0.15) is 5.82 Å². The molecule has 0 atom stereocenters. The molecule has 0 saturated carbocycles. The first-order valence-electron chi connectivity index (χ1n) is 15.8. The van der Waals surface area contributed by atoms with Crippen LogP contribution in [0.1, 0.15) is 26.3 Å². The predicted molar refractivity (Wildman–Crippen MR) is 191 cm³/mol. The molecule has 5 aromatic carbocycles. The van der Waals surface area contributed by atoms with Gasteiger partial charge in [0.25, 0.3) is 0 Å². The van der Waals surface area contributed by atoms with Crippen molar-refractivity contribution in [3.05, 3.63) is 139 Å². The van der Waals surface area contributed by atoms with Crippen molar-refractivity contribution in [1.29, 1.82) is 0 Å². The summed E-state index contributed by atoms with van der Waals surface area (Å²) in [5.74, 6) is 1.07. The zero-order valence-corrected chi connectivity index (χ0v) is 26.1. The summed E-state index contributed by atoms with van der Waals surface area (Å²) in [6.45, 7) is 7.55. The lowest BCUT2D eigenvalue weighted by molar-refractivity contribution is 0.590. The lowest BCUT2D eigenvalue weighted by atomic mass is 9.86. The normalized spacial score (nSPS) is 13.7. The van der Waals surface area contributed by atoms with Crippen molar-refractivity contribution < 1.29 is 0 Å². The minimum Gasteiger partial charge on any atom is -0.352 e. The molecule has 0 aliphatic carbocycles. The molecule has 8 aromatic rings.